The Hall–Kier alpha value is -1.12. The third-order valence-corrected chi connectivity index (χ3v) is 4.57. The second-order valence-corrected chi connectivity index (χ2v) is 6.90. The van der Waals surface area contributed by atoms with Gasteiger partial charge >= 0.3 is 13.5 Å². The van der Waals surface area contributed by atoms with Crippen LogP contribution in [0.3, 0.4) is 0 Å². The Balaban J connectivity index is 2.17. The van der Waals surface area contributed by atoms with Gasteiger partial charge in [0.2, 0.25) is 0 Å². The summed E-state index contributed by atoms with van der Waals surface area (Å²) < 4.78 is 52.3. The number of ether oxygens (including phenoxy) is 1. The van der Waals surface area contributed by atoms with Gasteiger partial charge in [0, 0.05) is 5.75 Å². The second kappa shape index (κ2) is 6.65. The summed E-state index contributed by atoms with van der Waals surface area (Å²) in [5, 5.41) is 0. The Morgan fingerprint density at radius 1 is 1.12 bits per heavy atom. The molecule has 0 radical (unpaired) electrons. The molecule has 1 aromatic carbocycles. The Kier molecular flexibility index (Phi) is 5.32. The van der Waals surface area contributed by atoms with Crippen LogP contribution in [-0.2, 0) is 9.31 Å². The maximum Gasteiger partial charge on any atom is 0.573 e. The van der Waals surface area contributed by atoms with Gasteiger partial charge in [-0.05, 0) is 50.9 Å². The van der Waals surface area contributed by atoms with Crippen LogP contribution in [0.5, 0.6) is 5.75 Å². The molecular weight excluding hydrogens is 340 g/mol. The van der Waals surface area contributed by atoms with Crippen LogP contribution in [0.25, 0.3) is 6.08 Å². The van der Waals surface area contributed by atoms with Gasteiger partial charge < -0.3 is 14.0 Å². The molecule has 2 rings (SSSR count). The van der Waals surface area contributed by atoms with E-state index in [1.165, 1.54) is 24.3 Å². The summed E-state index contributed by atoms with van der Waals surface area (Å²) in [7, 11) is -0.543. The van der Waals surface area contributed by atoms with Gasteiger partial charge in [-0.25, -0.2) is 0 Å². The molecule has 1 aromatic rings. The average Bonchev–Trinajstić information content (AvgIpc) is 2.64. The van der Waals surface area contributed by atoms with Gasteiger partial charge in [0.05, 0.1) is 11.2 Å². The third kappa shape index (κ3) is 4.49. The van der Waals surface area contributed by atoms with Gasteiger partial charge in [-0.2, -0.15) is 12.6 Å². The van der Waals surface area contributed by atoms with Gasteiger partial charge in [0.1, 0.15) is 5.75 Å². The topological polar surface area (TPSA) is 27.7 Å². The molecule has 1 aliphatic heterocycles. The summed E-state index contributed by atoms with van der Waals surface area (Å²) >= 11 is 4.31. The standard InChI is InChI=1S/C16H20BF3O3S/c1-14(2)15(3,4)23-17(22-14)12(10-24)9-11-5-7-13(8-6-11)21-16(18,19)20/h5-9,24H,10H2,1-4H3. The van der Waals surface area contributed by atoms with Crippen molar-refractivity contribution < 1.29 is 27.2 Å². The molecule has 0 aliphatic carbocycles. The van der Waals surface area contributed by atoms with Crippen LogP contribution in [0, 0.1) is 0 Å². The molecule has 0 atom stereocenters. The molecule has 0 spiro atoms. The highest BCUT2D eigenvalue weighted by molar-refractivity contribution is 7.80. The van der Waals surface area contributed by atoms with Crippen LogP contribution in [0.4, 0.5) is 13.2 Å². The predicted octanol–water partition coefficient (Wildman–Crippen LogP) is 4.53. The van der Waals surface area contributed by atoms with Crippen LogP contribution >= 0.6 is 12.6 Å². The Bertz CT molecular complexity index is 596. The van der Waals surface area contributed by atoms with Crippen molar-refractivity contribution >= 4 is 25.8 Å². The maximum atomic E-state index is 12.2. The fourth-order valence-electron chi connectivity index (χ4n) is 2.16. The average molecular weight is 360 g/mol. The fourth-order valence-corrected chi connectivity index (χ4v) is 2.40. The lowest BCUT2D eigenvalue weighted by Crippen LogP contribution is -2.41. The first kappa shape index (κ1) is 19.2. The van der Waals surface area contributed by atoms with Crippen molar-refractivity contribution in [3.63, 3.8) is 0 Å². The summed E-state index contributed by atoms with van der Waals surface area (Å²) in [4.78, 5) is 0. The zero-order valence-corrected chi connectivity index (χ0v) is 14.9. The smallest absolute Gasteiger partial charge is 0.406 e. The van der Waals surface area contributed by atoms with Gasteiger partial charge in [-0.1, -0.05) is 18.2 Å². The number of rotatable bonds is 4. The van der Waals surface area contributed by atoms with Crippen molar-refractivity contribution in [2.24, 2.45) is 0 Å². The van der Waals surface area contributed by atoms with E-state index in [9.17, 15) is 13.2 Å². The largest absolute Gasteiger partial charge is 0.573 e. The monoisotopic (exact) mass is 360 g/mol. The third-order valence-electron chi connectivity index (χ3n) is 4.20. The highest BCUT2D eigenvalue weighted by Gasteiger charge is 2.52. The van der Waals surface area contributed by atoms with Crippen molar-refractivity contribution in [2.45, 2.75) is 45.3 Å². The highest BCUT2D eigenvalue weighted by atomic mass is 32.1. The van der Waals surface area contributed by atoms with Crippen molar-refractivity contribution in [1.82, 2.24) is 0 Å². The van der Waals surface area contributed by atoms with Crippen LogP contribution in [-0.4, -0.2) is 30.4 Å². The van der Waals surface area contributed by atoms with E-state index in [4.69, 9.17) is 9.31 Å². The molecule has 1 aliphatic rings. The van der Waals surface area contributed by atoms with Crippen molar-refractivity contribution in [3.8, 4) is 5.75 Å². The second-order valence-electron chi connectivity index (χ2n) is 6.58. The summed E-state index contributed by atoms with van der Waals surface area (Å²) in [5.74, 6) is 0.139. The Labute approximate surface area is 145 Å². The molecule has 3 nitrogen and oxygen atoms in total. The van der Waals surface area contributed by atoms with Crippen molar-refractivity contribution in [3.05, 3.63) is 35.3 Å². The van der Waals surface area contributed by atoms with E-state index in [2.05, 4.69) is 17.4 Å². The number of halogens is 3. The molecule has 0 bridgehead atoms. The van der Waals surface area contributed by atoms with Gasteiger partial charge in [-0.3, -0.25) is 0 Å². The minimum Gasteiger partial charge on any atom is -0.406 e. The minimum atomic E-state index is -4.70. The van der Waals surface area contributed by atoms with Crippen molar-refractivity contribution in [1.29, 1.82) is 0 Å². The molecule has 0 saturated carbocycles. The fraction of sp³-hybridized carbons (Fsp3) is 0.500. The molecule has 0 aromatic heterocycles. The molecule has 8 heteroatoms. The number of hydrogen-bond acceptors (Lipinski definition) is 4. The number of alkyl halides is 3. The summed E-state index contributed by atoms with van der Waals surface area (Å²) in [6.07, 6.45) is -2.90. The van der Waals surface area contributed by atoms with E-state index < -0.39 is 24.7 Å². The molecular formula is C16H20BF3O3S. The molecule has 1 heterocycles. The van der Waals surface area contributed by atoms with E-state index in [0.29, 0.717) is 11.3 Å². The minimum absolute atomic E-state index is 0.261. The normalized spacial score (nSPS) is 20.3. The van der Waals surface area contributed by atoms with Crippen LogP contribution < -0.4 is 4.74 Å². The first-order valence-electron chi connectivity index (χ1n) is 7.46. The zero-order chi connectivity index (χ0) is 18.2. The quantitative estimate of drug-likeness (QED) is 0.632. The lowest BCUT2D eigenvalue weighted by Gasteiger charge is -2.32. The van der Waals surface area contributed by atoms with Crippen LogP contribution in [0.2, 0.25) is 0 Å². The maximum absolute atomic E-state index is 12.2. The lowest BCUT2D eigenvalue weighted by molar-refractivity contribution is -0.274. The summed E-state index contributed by atoms with van der Waals surface area (Å²) in [6, 6.07) is 5.60. The van der Waals surface area contributed by atoms with Crippen molar-refractivity contribution in [2.75, 3.05) is 5.75 Å². The molecule has 24 heavy (non-hydrogen) atoms. The predicted molar refractivity (Wildman–Crippen MR) is 91.0 cm³/mol. The van der Waals surface area contributed by atoms with E-state index in [1.807, 2.05) is 27.7 Å². The molecule has 0 unspecified atom stereocenters. The molecule has 0 amide bonds. The van der Waals surface area contributed by atoms with Crippen LogP contribution in [0.1, 0.15) is 33.3 Å². The van der Waals surface area contributed by atoms with Gasteiger partial charge in [0.25, 0.3) is 0 Å². The number of benzene rings is 1. The van der Waals surface area contributed by atoms with E-state index >= 15 is 0 Å². The van der Waals surface area contributed by atoms with E-state index in [-0.39, 0.29) is 5.75 Å². The molecule has 132 valence electrons. The first-order valence-corrected chi connectivity index (χ1v) is 8.09. The Morgan fingerprint density at radius 2 is 1.62 bits per heavy atom. The number of hydrogen-bond donors (Lipinski definition) is 1. The van der Waals surface area contributed by atoms with E-state index in [0.717, 1.165) is 5.47 Å². The van der Waals surface area contributed by atoms with Gasteiger partial charge in [0.15, 0.2) is 0 Å². The molecule has 0 N–H and O–H groups in total. The molecule has 1 fully saturated rings. The number of thiol groups is 1. The first-order chi connectivity index (χ1) is 10.9. The van der Waals surface area contributed by atoms with E-state index in [1.54, 1.807) is 6.08 Å². The lowest BCUT2D eigenvalue weighted by atomic mass is 9.78. The van der Waals surface area contributed by atoms with Gasteiger partial charge in [-0.15, -0.1) is 13.2 Å². The SMILES string of the molecule is CC1(C)OB(C(=Cc2ccc(OC(F)(F)F)cc2)CS)OC1(C)C. The highest BCUT2D eigenvalue weighted by Crippen LogP contribution is 2.39. The van der Waals surface area contributed by atoms with Crippen LogP contribution in [0.15, 0.2) is 29.7 Å². The molecule has 1 saturated heterocycles. The summed E-state index contributed by atoms with van der Waals surface area (Å²) in [6.45, 7) is 7.80. The summed E-state index contributed by atoms with van der Waals surface area (Å²) in [5.41, 5.74) is 0.568. The Morgan fingerprint density at radius 3 is 2.04 bits per heavy atom. The zero-order valence-electron chi connectivity index (χ0n) is 14.0.